The molecule has 11 heteroatoms. The molecule has 1 saturated heterocycles. The third-order valence-electron chi connectivity index (χ3n) is 6.87. The third-order valence-corrected chi connectivity index (χ3v) is 10.5. The minimum Gasteiger partial charge on any atom is -0.363 e. The molecule has 4 aromatic rings. The number of hydrogen-bond donors (Lipinski definition) is 2. The summed E-state index contributed by atoms with van der Waals surface area (Å²) in [7, 11) is -3.81. The zero-order valence-corrected chi connectivity index (χ0v) is 24.6. The third kappa shape index (κ3) is 6.36. The normalized spacial score (nSPS) is 16.5. The predicted molar refractivity (Wildman–Crippen MR) is 159 cm³/mol. The number of amides is 1. The molecule has 2 atom stereocenters. The van der Waals surface area contributed by atoms with E-state index in [1.165, 1.54) is 10.4 Å². The molecule has 0 saturated carbocycles. The van der Waals surface area contributed by atoms with Crippen LogP contribution in [0.5, 0.6) is 0 Å². The standard InChI is InChI=1S/C29H30ClN5O3S2/c1-19-7-9-22(10-8-19)24-15-21(16-27(34-24)33-20(2)23-5-3-13-31-18-23)17-32-29(36)25-6-4-14-35(25)40(37,38)28-12-11-26(30)39-28/h3,5,7-13,15-16,18,20,25H,4,6,14,17H2,1-2H3,(H,32,36)(H,33,34)/t20?,25-/m0/s1. The molecule has 0 bridgehead atoms. The number of carbonyl (C=O) groups excluding carboxylic acids is 1. The van der Waals surface area contributed by atoms with Gasteiger partial charge in [0, 0.05) is 31.0 Å². The summed E-state index contributed by atoms with van der Waals surface area (Å²) >= 11 is 6.97. The fourth-order valence-corrected chi connectivity index (χ4v) is 7.99. The summed E-state index contributed by atoms with van der Waals surface area (Å²) in [5, 5.41) is 6.42. The van der Waals surface area contributed by atoms with Crippen molar-refractivity contribution >= 4 is 44.7 Å². The van der Waals surface area contributed by atoms with E-state index in [1.54, 1.807) is 12.3 Å². The van der Waals surface area contributed by atoms with Gasteiger partial charge in [0.15, 0.2) is 0 Å². The molecule has 0 aliphatic carbocycles. The van der Waals surface area contributed by atoms with Crippen LogP contribution in [0.1, 0.15) is 42.5 Å². The molecule has 1 unspecified atom stereocenters. The SMILES string of the molecule is Cc1ccc(-c2cc(CNC(=O)[C@@H]3CCCN3S(=O)(=O)c3ccc(Cl)s3)cc(NC(C)c3cccnc3)n2)cc1. The molecule has 208 valence electrons. The lowest BCUT2D eigenvalue weighted by atomic mass is 10.1. The van der Waals surface area contributed by atoms with Crippen LogP contribution in [0.15, 0.2) is 77.3 Å². The Balaban J connectivity index is 1.36. The van der Waals surface area contributed by atoms with E-state index in [-0.39, 0.29) is 22.7 Å². The first-order valence-electron chi connectivity index (χ1n) is 13.0. The first-order chi connectivity index (χ1) is 19.2. The Labute approximate surface area is 243 Å². The molecule has 40 heavy (non-hydrogen) atoms. The molecule has 0 radical (unpaired) electrons. The molecule has 1 aliphatic rings. The lowest BCUT2D eigenvalue weighted by Crippen LogP contribution is -2.45. The van der Waals surface area contributed by atoms with Crippen LogP contribution >= 0.6 is 22.9 Å². The average molecular weight is 596 g/mol. The van der Waals surface area contributed by atoms with E-state index in [0.717, 1.165) is 39.3 Å². The largest absolute Gasteiger partial charge is 0.363 e. The van der Waals surface area contributed by atoms with Crippen LogP contribution in [-0.2, 0) is 21.4 Å². The van der Waals surface area contributed by atoms with Crippen molar-refractivity contribution < 1.29 is 13.2 Å². The van der Waals surface area contributed by atoms with E-state index in [2.05, 4.69) is 15.6 Å². The van der Waals surface area contributed by atoms with Gasteiger partial charge >= 0.3 is 0 Å². The van der Waals surface area contributed by atoms with E-state index in [9.17, 15) is 13.2 Å². The van der Waals surface area contributed by atoms with Crippen molar-refractivity contribution in [3.8, 4) is 11.3 Å². The molecule has 2 N–H and O–H groups in total. The lowest BCUT2D eigenvalue weighted by Gasteiger charge is -2.23. The van der Waals surface area contributed by atoms with Gasteiger partial charge in [0.2, 0.25) is 5.91 Å². The summed E-state index contributed by atoms with van der Waals surface area (Å²) in [6.45, 7) is 4.59. The highest BCUT2D eigenvalue weighted by Gasteiger charge is 2.40. The zero-order chi connectivity index (χ0) is 28.3. The Kier molecular flexibility index (Phi) is 8.51. The van der Waals surface area contributed by atoms with Gasteiger partial charge < -0.3 is 10.6 Å². The minimum absolute atomic E-state index is 0.0417. The van der Waals surface area contributed by atoms with Gasteiger partial charge in [0.05, 0.1) is 16.1 Å². The van der Waals surface area contributed by atoms with Crippen molar-refractivity contribution in [1.82, 2.24) is 19.6 Å². The number of sulfonamides is 1. The fraction of sp³-hybridized carbons (Fsp3) is 0.276. The molecular weight excluding hydrogens is 566 g/mol. The van der Waals surface area contributed by atoms with Crippen LogP contribution in [0.4, 0.5) is 5.82 Å². The molecule has 4 heterocycles. The quantitative estimate of drug-likeness (QED) is 0.253. The highest BCUT2D eigenvalue weighted by molar-refractivity contribution is 7.91. The van der Waals surface area contributed by atoms with Gasteiger partial charge in [-0.2, -0.15) is 4.31 Å². The van der Waals surface area contributed by atoms with Gasteiger partial charge in [-0.3, -0.25) is 9.78 Å². The lowest BCUT2D eigenvalue weighted by molar-refractivity contribution is -0.124. The van der Waals surface area contributed by atoms with E-state index < -0.39 is 16.1 Å². The molecular formula is C29H30ClN5O3S2. The molecule has 8 nitrogen and oxygen atoms in total. The first-order valence-corrected chi connectivity index (χ1v) is 15.6. The highest BCUT2D eigenvalue weighted by atomic mass is 35.5. The monoisotopic (exact) mass is 595 g/mol. The number of hydrogen-bond acceptors (Lipinski definition) is 7. The predicted octanol–water partition coefficient (Wildman–Crippen LogP) is 5.81. The molecule has 1 amide bonds. The van der Waals surface area contributed by atoms with Crippen LogP contribution in [0.25, 0.3) is 11.3 Å². The highest BCUT2D eigenvalue weighted by Crippen LogP contribution is 2.32. The number of thiophene rings is 1. The second-order valence-corrected chi connectivity index (χ2v) is 13.6. The zero-order valence-electron chi connectivity index (χ0n) is 22.2. The van der Waals surface area contributed by atoms with Crippen LogP contribution in [0.2, 0.25) is 4.34 Å². The van der Waals surface area contributed by atoms with Gasteiger partial charge in [0.25, 0.3) is 10.0 Å². The van der Waals surface area contributed by atoms with Crippen LogP contribution in [0.3, 0.4) is 0 Å². The topological polar surface area (TPSA) is 104 Å². The Morgan fingerprint density at radius 3 is 2.67 bits per heavy atom. The van der Waals surface area contributed by atoms with E-state index in [1.807, 2.05) is 68.6 Å². The van der Waals surface area contributed by atoms with Gasteiger partial charge in [-0.1, -0.05) is 47.5 Å². The maximum absolute atomic E-state index is 13.3. The number of aromatic nitrogens is 2. The summed E-state index contributed by atoms with van der Waals surface area (Å²) in [6.07, 6.45) is 4.63. The van der Waals surface area contributed by atoms with E-state index >= 15 is 0 Å². The number of rotatable bonds is 9. The van der Waals surface area contributed by atoms with E-state index in [0.29, 0.717) is 29.5 Å². The summed E-state index contributed by atoms with van der Waals surface area (Å²) in [5.41, 5.74) is 4.74. The Morgan fingerprint density at radius 1 is 1.18 bits per heavy atom. The average Bonchev–Trinajstić information content (AvgIpc) is 3.63. The van der Waals surface area contributed by atoms with Crippen LogP contribution in [-0.4, -0.2) is 41.2 Å². The maximum atomic E-state index is 13.3. The number of halogens is 1. The Bertz CT molecular complexity index is 1590. The number of pyridine rings is 2. The van der Waals surface area contributed by atoms with Gasteiger partial charge in [-0.05, 0) is 68.1 Å². The van der Waals surface area contributed by atoms with Crippen LogP contribution < -0.4 is 10.6 Å². The Hall–Kier alpha value is -3.31. The Morgan fingerprint density at radius 2 is 1.98 bits per heavy atom. The number of aryl methyl sites for hydroxylation is 1. The summed E-state index contributed by atoms with van der Waals surface area (Å²) < 4.78 is 28.2. The molecule has 1 aliphatic heterocycles. The van der Waals surface area contributed by atoms with E-state index in [4.69, 9.17) is 16.6 Å². The van der Waals surface area contributed by atoms with Crippen molar-refractivity contribution in [3.63, 3.8) is 0 Å². The summed E-state index contributed by atoms with van der Waals surface area (Å²) in [4.78, 5) is 22.3. The van der Waals surface area contributed by atoms with Crippen molar-refractivity contribution in [2.24, 2.45) is 0 Å². The summed E-state index contributed by atoms with van der Waals surface area (Å²) in [5.74, 6) is 0.342. The summed E-state index contributed by atoms with van der Waals surface area (Å²) in [6, 6.07) is 18.1. The van der Waals surface area contributed by atoms with Gasteiger partial charge in [-0.25, -0.2) is 13.4 Å². The van der Waals surface area contributed by atoms with Gasteiger partial charge in [-0.15, -0.1) is 11.3 Å². The van der Waals surface area contributed by atoms with Crippen molar-refractivity contribution in [1.29, 1.82) is 0 Å². The molecule has 5 rings (SSSR count). The molecule has 1 fully saturated rings. The number of nitrogens with one attached hydrogen (secondary N) is 2. The smallest absolute Gasteiger partial charge is 0.253 e. The second kappa shape index (κ2) is 12.1. The second-order valence-electron chi connectivity index (χ2n) is 9.81. The van der Waals surface area contributed by atoms with Crippen LogP contribution in [0, 0.1) is 6.92 Å². The molecule has 3 aromatic heterocycles. The molecule has 1 aromatic carbocycles. The van der Waals surface area contributed by atoms with Crippen molar-refractivity contribution in [3.05, 3.63) is 94.1 Å². The number of anilines is 1. The van der Waals surface area contributed by atoms with Crippen molar-refractivity contribution in [2.75, 3.05) is 11.9 Å². The first kappa shape index (κ1) is 28.2. The minimum atomic E-state index is -3.81. The molecule has 0 spiro atoms. The van der Waals surface area contributed by atoms with Gasteiger partial charge in [0.1, 0.15) is 16.1 Å². The maximum Gasteiger partial charge on any atom is 0.253 e. The number of carbonyl (C=O) groups is 1. The van der Waals surface area contributed by atoms with Crippen molar-refractivity contribution in [2.45, 2.75) is 49.5 Å². The number of nitrogens with zero attached hydrogens (tertiary/aromatic N) is 3. The number of benzene rings is 1. The fourth-order valence-electron chi connectivity index (χ4n) is 4.72.